The fourth-order valence-corrected chi connectivity index (χ4v) is 2.51. The number of ether oxygens (including phenoxy) is 1. The number of carbonyl (C=O) groups excluding carboxylic acids is 4. The summed E-state index contributed by atoms with van der Waals surface area (Å²) in [7, 11) is 1.84. The minimum Gasteiger partial charge on any atom is -0.461 e. The molecule has 0 aliphatic carbocycles. The van der Waals surface area contributed by atoms with E-state index < -0.39 is 17.9 Å². The Morgan fingerprint density at radius 1 is 1.00 bits per heavy atom. The summed E-state index contributed by atoms with van der Waals surface area (Å²) in [6, 6.07) is 6.30. The zero-order chi connectivity index (χ0) is 23.6. The molecule has 0 heterocycles. The smallest absolute Gasteiger partial charge is 0.302 e. The van der Waals surface area contributed by atoms with E-state index in [1.165, 1.54) is 6.92 Å². The van der Waals surface area contributed by atoms with Gasteiger partial charge in [-0.15, -0.1) is 0 Å². The largest absolute Gasteiger partial charge is 0.461 e. The molecule has 1 atom stereocenters. The Bertz CT molecular complexity index is 762. The first-order chi connectivity index (χ1) is 14.5. The predicted molar refractivity (Wildman–Crippen MR) is 118 cm³/mol. The first kappa shape index (κ1) is 26.1. The van der Waals surface area contributed by atoms with Gasteiger partial charge >= 0.3 is 5.97 Å². The fourth-order valence-electron chi connectivity index (χ4n) is 2.51. The van der Waals surface area contributed by atoms with Crippen molar-refractivity contribution in [2.24, 2.45) is 5.92 Å². The second-order valence-corrected chi connectivity index (χ2v) is 8.04. The van der Waals surface area contributed by atoms with E-state index in [-0.39, 0.29) is 43.5 Å². The van der Waals surface area contributed by atoms with Crippen LogP contribution in [0.15, 0.2) is 24.3 Å². The van der Waals surface area contributed by atoms with Crippen LogP contribution in [0.2, 0.25) is 0 Å². The van der Waals surface area contributed by atoms with Gasteiger partial charge in [-0.25, -0.2) is 0 Å². The highest BCUT2D eigenvalue weighted by atomic mass is 16.5. The van der Waals surface area contributed by atoms with Gasteiger partial charge in [0.1, 0.15) is 12.6 Å². The van der Waals surface area contributed by atoms with Gasteiger partial charge in [0.15, 0.2) is 0 Å². The van der Waals surface area contributed by atoms with Crippen molar-refractivity contribution in [3.8, 4) is 0 Å². The number of nitrogens with zero attached hydrogens (tertiary/aromatic N) is 1. The van der Waals surface area contributed by atoms with Crippen LogP contribution in [-0.2, 0) is 30.5 Å². The second-order valence-electron chi connectivity index (χ2n) is 8.04. The lowest BCUT2D eigenvalue weighted by Crippen LogP contribution is -2.53. The lowest BCUT2D eigenvalue weighted by atomic mass is 10.0. The quantitative estimate of drug-likeness (QED) is 0.452. The zero-order valence-electron chi connectivity index (χ0n) is 19.2. The van der Waals surface area contributed by atoms with Crippen LogP contribution in [0.3, 0.4) is 0 Å². The molecule has 0 radical (unpaired) electrons. The molecule has 0 aromatic heterocycles. The molecular formula is C22H34N4O5. The summed E-state index contributed by atoms with van der Waals surface area (Å²) < 4.78 is 4.91. The van der Waals surface area contributed by atoms with Crippen molar-refractivity contribution in [1.82, 2.24) is 15.5 Å². The molecule has 1 aromatic carbocycles. The van der Waals surface area contributed by atoms with Crippen LogP contribution in [-0.4, -0.2) is 60.8 Å². The van der Waals surface area contributed by atoms with Gasteiger partial charge in [0.05, 0.1) is 13.1 Å². The summed E-state index contributed by atoms with van der Waals surface area (Å²) in [4.78, 5) is 49.6. The summed E-state index contributed by atoms with van der Waals surface area (Å²) >= 11 is 0. The SMILES string of the molecule is CC(=O)OCc1ccc(NC(=O)CNC(=O)C(NC(=O)CN(C)C(C)C)C(C)C)cc1. The molecule has 0 bridgehead atoms. The minimum atomic E-state index is -0.735. The maximum atomic E-state index is 12.5. The Kier molecular flexibility index (Phi) is 10.7. The van der Waals surface area contributed by atoms with Crippen molar-refractivity contribution in [2.75, 3.05) is 25.5 Å². The van der Waals surface area contributed by atoms with Gasteiger partial charge in [-0.1, -0.05) is 26.0 Å². The number of nitrogens with one attached hydrogen (secondary N) is 3. The van der Waals surface area contributed by atoms with Gasteiger partial charge in [-0.05, 0) is 44.5 Å². The van der Waals surface area contributed by atoms with Gasteiger partial charge in [-0.3, -0.25) is 24.1 Å². The third kappa shape index (κ3) is 10.1. The number of hydrogen-bond acceptors (Lipinski definition) is 6. The highest BCUT2D eigenvalue weighted by Gasteiger charge is 2.25. The Balaban J connectivity index is 2.53. The maximum Gasteiger partial charge on any atom is 0.302 e. The lowest BCUT2D eigenvalue weighted by molar-refractivity contribution is -0.142. The second kappa shape index (κ2) is 12.7. The number of anilines is 1. The van der Waals surface area contributed by atoms with Crippen LogP contribution in [0.25, 0.3) is 0 Å². The number of likely N-dealkylation sites (N-methyl/N-ethyl adjacent to an activating group) is 1. The van der Waals surface area contributed by atoms with Crippen molar-refractivity contribution in [1.29, 1.82) is 0 Å². The van der Waals surface area contributed by atoms with Crippen molar-refractivity contribution in [3.05, 3.63) is 29.8 Å². The summed E-state index contributed by atoms with van der Waals surface area (Å²) in [6.07, 6.45) is 0. The number of hydrogen-bond donors (Lipinski definition) is 3. The molecular weight excluding hydrogens is 400 g/mol. The van der Waals surface area contributed by atoms with E-state index in [1.54, 1.807) is 24.3 Å². The zero-order valence-corrected chi connectivity index (χ0v) is 19.2. The lowest BCUT2D eigenvalue weighted by Gasteiger charge is -2.25. The Hall–Kier alpha value is -2.94. The summed E-state index contributed by atoms with van der Waals surface area (Å²) in [5.41, 5.74) is 1.34. The molecule has 31 heavy (non-hydrogen) atoms. The molecule has 0 fully saturated rings. The average Bonchev–Trinajstić information content (AvgIpc) is 2.69. The maximum absolute atomic E-state index is 12.5. The Morgan fingerprint density at radius 2 is 1.61 bits per heavy atom. The van der Waals surface area contributed by atoms with Crippen molar-refractivity contribution >= 4 is 29.4 Å². The topological polar surface area (TPSA) is 117 Å². The van der Waals surface area contributed by atoms with E-state index >= 15 is 0 Å². The first-order valence-electron chi connectivity index (χ1n) is 10.3. The molecule has 1 unspecified atom stereocenters. The van der Waals surface area contributed by atoms with E-state index in [9.17, 15) is 19.2 Å². The number of benzene rings is 1. The molecule has 0 aliphatic rings. The predicted octanol–water partition coefficient (Wildman–Crippen LogP) is 1.29. The average molecular weight is 435 g/mol. The molecule has 172 valence electrons. The van der Waals surface area contributed by atoms with Crippen molar-refractivity contribution < 1.29 is 23.9 Å². The third-order valence-electron chi connectivity index (χ3n) is 4.64. The molecule has 1 aromatic rings. The number of rotatable bonds is 11. The van der Waals surface area contributed by atoms with E-state index in [0.717, 1.165) is 5.56 Å². The van der Waals surface area contributed by atoms with Gasteiger partial charge in [0, 0.05) is 18.7 Å². The van der Waals surface area contributed by atoms with Crippen molar-refractivity contribution in [2.45, 2.75) is 53.3 Å². The van der Waals surface area contributed by atoms with E-state index in [0.29, 0.717) is 5.69 Å². The molecule has 0 saturated heterocycles. The van der Waals surface area contributed by atoms with Gasteiger partial charge in [0.25, 0.3) is 0 Å². The number of amides is 3. The van der Waals surface area contributed by atoms with Crippen LogP contribution >= 0.6 is 0 Å². The van der Waals surface area contributed by atoms with Crippen LogP contribution in [0, 0.1) is 5.92 Å². The van der Waals surface area contributed by atoms with E-state index in [2.05, 4.69) is 16.0 Å². The van der Waals surface area contributed by atoms with Crippen molar-refractivity contribution in [3.63, 3.8) is 0 Å². The Labute approximate surface area is 183 Å². The van der Waals surface area contributed by atoms with Crippen LogP contribution in [0.5, 0.6) is 0 Å². The molecule has 1 rings (SSSR count). The molecule has 0 spiro atoms. The first-order valence-corrected chi connectivity index (χ1v) is 10.3. The molecule has 3 amide bonds. The summed E-state index contributed by atoms with van der Waals surface area (Å²) in [6.45, 7) is 9.07. The minimum absolute atomic E-state index is 0.138. The van der Waals surface area contributed by atoms with E-state index in [4.69, 9.17) is 4.74 Å². The normalized spacial score (nSPS) is 11.9. The number of carbonyl (C=O) groups is 4. The molecule has 0 aliphatic heterocycles. The standard InChI is InChI=1S/C22H34N4O5/c1-14(2)21(25-20(29)12-26(6)15(3)4)22(30)23-11-19(28)24-18-9-7-17(8-10-18)13-31-16(5)27/h7-10,14-15,21H,11-13H2,1-6H3,(H,23,30)(H,24,28)(H,25,29). The molecule has 9 nitrogen and oxygen atoms in total. The monoisotopic (exact) mass is 434 g/mol. The molecule has 3 N–H and O–H groups in total. The summed E-state index contributed by atoms with van der Waals surface area (Å²) in [5.74, 6) is -1.56. The Morgan fingerprint density at radius 3 is 2.13 bits per heavy atom. The van der Waals surface area contributed by atoms with Gasteiger partial charge in [-0.2, -0.15) is 0 Å². The molecule has 0 saturated carbocycles. The molecule has 9 heteroatoms. The highest BCUT2D eigenvalue weighted by molar-refractivity contribution is 5.96. The van der Waals surface area contributed by atoms with Crippen LogP contribution in [0.1, 0.15) is 40.2 Å². The third-order valence-corrected chi connectivity index (χ3v) is 4.64. The van der Waals surface area contributed by atoms with Crippen LogP contribution in [0.4, 0.5) is 5.69 Å². The summed E-state index contributed by atoms with van der Waals surface area (Å²) in [5, 5.41) is 8.00. The van der Waals surface area contributed by atoms with Crippen LogP contribution < -0.4 is 16.0 Å². The van der Waals surface area contributed by atoms with Gasteiger partial charge in [0.2, 0.25) is 17.7 Å². The van der Waals surface area contributed by atoms with Gasteiger partial charge < -0.3 is 20.7 Å². The number of esters is 1. The fraction of sp³-hybridized carbons (Fsp3) is 0.545. The van der Waals surface area contributed by atoms with E-state index in [1.807, 2.05) is 39.6 Å². The highest BCUT2D eigenvalue weighted by Crippen LogP contribution is 2.10.